The molecule has 1 N–H and O–H groups in total. The lowest BCUT2D eigenvalue weighted by molar-refractivity contribution is 0.0928. The maximum absolute atomic E-state index is 12.8. The Bertz CT molecular complexity index is 1100. The second-order valence-corrected chi connectivity index (χ2v) is 7.04. The van der Waals surface area contributed by atoms with Gasteiger partial charge in [-0.3, -0.25) is 4.79 Å². The Hall–Kier alpha value is -3.80. The summed E-state index contributed by atoms with van der Waals surface area (Å²) in [6, 6.07) is 21.3. The molecular formula is C24H23N3O3. The first-order valence-corrected chi connectivity index (χ1v) is 9.79. The van der Waals surface area contributed by atoms with Gasteiger partial charge in [0.1, 0.15) is 18.1 Å². The summed E-state index contributed by atoms with van der Waals surface area (Å²) in [5, 5.41) is 6.95. The molecule has 6 nitrogen and oxygen atoms in total. The third-order valence-electron chi connectivity index (χ3n) is 4.97. The topological polar surface area (TPSA) is 69.3 Å². The lowest BCUT2D eigenvalue weighted by Crippen LogP contribution is -2.28. The summed E-state index contributed by atoms with van der Waals surface area (Å²) in [5.74, 6) is 1.00. The predicted octanol–water partition coefficient (Wildman–Crippen LogP) is 4.84. The van der Waals surface area contributed by atoms with E-state index in [-0.39, 0.29) is 24.2 Å². The fourth-order valence-corrected chi connectivity index (χ4v) is 3.20. The number of nitrogens with one attached hydrogen (secondary N) is 1. The van der Waals surface area contributed by atoms with Crippen molar-refractivity contribution >= 4 is 5.91 Å². The Labute approximate surface area is 175 Å². The van der Waals surface area contributed by atoms with Crippen molar-refractivity contribution in [1.82, 2.24) is 15.0 Å². The van der Waals surface area contributed by atoms with Crippen molar-refractivity contribution in [3.63, 3.8) is 0 Å². The molecule has 4 aromatic rings. The van der Waals surface area contributed by atoms with E-state index in [4.69, 9.17) is 9.26 Å². The van der Waals surface area contributed by atoms with Crippen molar-refractivity contribution in [3.05, 3.63) is 102 Å². The third kappa shape index (κ3) is 4.27. The van der Waals surface area contributed by atoms with Crippen LogP contribution in [0.25, 0.3) is 5.69 Å². The van der Waals surface area contributed by atoms with E-state index in [9.17, 15) is 4.79 Å². The van der Waals surface area contributed by atoms with Crippen molar-refractivity contribution in [2.45, 2.75) is 26.5 Å². The number of aromatic nitrogens is 2. The molecule has 0 aliphatic rings. The van der Waals surface area contributed by atoms with E-state index in [0.717, 1.165) is 17.0 Å². The molecule has 0 saturated heterocycles. The van der Waals surface area contributed by atoms with Gasteiger partial charge < -0.3 is 19.1 Å². The molecule has 2 aromatic heterocycles. The molecule has 152 valence electrons. The van der Waals surface area contributed by atoms with Gasteiger partial charge in [-0.2, -0.15) is 0 Å². The summed E-state index contributed by atoms with van der Waals surface area (Å²) in [6.45, 7) is 3.93. The Morgan fingerprint density at radius 2 is 1.77 bits per heavy atom. The highest BCUT2D eigenvalue weighted by atomic mass is 16.5. The van der Waals surface area contributed by atoms with E-state index in [1.165, 1.54) is 0 Å². The summed E-state index contributed by atoms with van der Waals surface area (Å²) in [4.78, 5) is 12.8. The van der Waals surface area contributed by atoms with Crippen LogP contribution in [-0.4, -0.2) is 15.6 Å². The summed E-state index contributed by atoms with van der Waals surface area (Å²) in [7, 11) is 0. The average molecular weight is 401 g/mol. The van der Waals surface area contributed by atoms with Gasteiger partial charge in [0.2, 0.25) is 0 Å². The van der Waals surface area contributed by atoms with Crippen LogP contribution >= 0.6 is 0 Å². The normalized spacial score (nSPS) is 11.8. The highest BCUT2D eigenvalue weighted by molar-refractivity contribution is 5.94. The van der Waals surface area contributed by atoms with Gasteiger partial charge in [0.25, 0.3) is 5.91 Å². The van der Waals surface area contributed by atoms with Crippen molar-refractivity contribution < 1.29 is 14.1 Å². The summed E-state index contributed by atoms with van der Waals surface area (Å²) in [6.07, 6.45) is 3.98. The number of rotatable bonds is 7. The number of nitrogens with zero attached hydrogens (tertiary/aromatic N) is 2. The van der Waals surface area contributed by atoms with Gasteiger partial charge in [-0.15, -0.1) is 0 Å². The van der Waals surface area contributed by atoms with Crippen LogP contribution in [0.5, 0.6) is 5.75 Å². The van der Waals surface area contributed by atoms with E-state index >= 15 is 0 Å². The molecule has 2 aromatic carbocycles. The molecule has 0 radical (unpaired) electrons. The average Bonchev–Trinajstić information content (AvgIpc) is 3.43. The molecule has 0 aliphatic heterocycles. The molecule has 2 heterocycles. The fraction of sp³-hybridized carbons (Fsp3) is 0.167. The number of ether oxygens (including phenoxy) is 1. The maximum Gasteiger partial charge on any atom is 0.274 e. The molecule has 0 aliphatic carbocycles. The van der Waals surface area contributed by atoms with Crippen LogP contribution in [0.4, 0.5) is 0 Å². The van der Waals surface area contributed by atoms with Crippen LogP contribution in [0.2, 0.25) is 0 Å². The summed E-state index contributed by atoms with van der Waals surface area (Å²) < 4.78 is 13.1. The number of hydrogen-bond donors (Lipinski definition) is 1. The highest BCUT2D eigenvalue weighted by Crippen LogP contribution is 2.20. The largest absolute Gasteiger partial charge is 0.489 e. The Morgan fingerprint density at radius 3 is 2.47 bits per heavy atom. The van der Waals surface area contributed by atoms with Crippen LogP contribution < -0.4 is 10.1 Å². The van der Waals surface area contributed by atoms with Crippen molar-refractivity contribution in [2.75, 3.05) is 0 Å². The SMILES string of the molecule is Cc1onc(C(=O)NC(C)c2ccc(-n3cccc3)cc2)c1COc1ccccc1. The molecule has 0 fully saturated rings. The monoisotopic (exact) mass is 401 g/mol. The highest BCUT2D eigenvalue weighted by Gasteiger charge is 2.22. The minimum atomic E-state index is -0.291. The zero-order valence-electron chi connectivity index (χ0n) is 16.9. The Balaban J connectivity index is 1.43. The molecule has 4 rings (SSSR count). The van der Waals surface area contributed by atoms with Crippen LogP contribution in [-0.2, 0) is 6.61 Å². The van der Waals surface area contributed by atoms with Crippen molar-refractivity contribution in [1.29, 1.82) is 0 Å². The van der Waals surface area contributed by atoms with E-state index in [1.807, 2.05) is 90.6 Å². The molecule has 1 atom stereocenters. The minimum Gasteiger partial charge on any atom is -0.489 e. The van der Waals surface area contributed by atoms with Gasteiger partial charge in [0.15, 0.2) is 5.69 Å². The van der Waals surface area contributed by atoms with E-state index in [1.54, 1.807) is 6.92 Å². The third-order valence-corrected chi connectivity index (χ3v) is 4.97. The lowest BCUT2D eigenvalue weighted by atomic mass is 10.1. The maximum atomic E-state index is 12.8. The van der Waals surface area contributed by atoms with Crippen molar-refractivity contribution in [2.24, 2.45) is 0 Å². The van der Waals surface area contributed by atoms with Crippen LogP contribution in [0, 0.1) is 6.92 Å². The molecule has 0 bridgehead atoms. The Morgan fingerprint density at radius 1 is 1.07 bits per heavy atom. The second-order valence-electron chi connectivity index (χ2n) is 7.04. The van der Waals surface area contributed by atoms with Gasteiger partial charge in [0.05, 0.1) is 11.6 Å². The van der Waals surface area contributed by atoms with E-state index in [0.29, 0.717) is 11.3 Å². The number of amides is 1. The van der Waals surface area contributed by atoms with Crippen LogP contribution in [0.3, 0.4) is 0 Å². The van der Waals surface area contributed by atoms with Gasteiger partial charge in [-0.05, 0) is 55.8 Å². The van der Waals surface area contributed by atoms with Gasteiger partial charge in [0, 0.05) is 18.1 Å². The first-order valence-electron chi connectivity index (χ1n) is 9.79. The van der Waals surface area contributed by atoms with Gasteiger partial charge in [-0.1, -0.05) is 35.5 Å². The molecule has 0 saturated carbocycles. The number of hydrogen-bond acceptors (Lipinski definition) is 4. The van der Waals surface area contributed by atoms with E-state index in [2.05, 4.69) is 10.5 Å². The molecular weight excluding hydrogens is 378 g/mol. The predicted molar refractivity (Wildman–Crippen MR) is 114 cm³/mol. The summed E-state index contributed by atoms with van der Waals surface area (Å²) in [5.41, 5.74) is 2.96. The summed E-state index contributed by atoms with van der Waals surface area (Å²) >= 11 is 0. The van der Waals surface area contributed by atoms with Gasteiger partial charge in [-0.25, -0.2) is 0 Å². The first-order chi connectivity index (χ1) is 14.6. The Kier molecular flexibility index (Phi) is 5.66. The smallest absolute Gasteiger partial charge is 0.274 e. The molecule has 0 spiro atoms. The second kappa shape index (κ2) is 8.69. The standard InChI is InChI=1S/C24H23N3O3/c1-17(19-10-12-20(13-11-19)27-14-6-7-15-27)25-24(28)23-22(18(2)30-26-23)16-29-21-8-4-3-5-9-21/h3-15,17H,16H2,1-2H3,(H,25,28). The molecule has 6 heteroatoms. The lowest BCUT2D eigenvalue weighted by Gasteiger charge is -2.15. The van der Waals surface area contributed by atoms with E-state index < -0.39 is 0 Å². The first kappa shape index (κ1) is 19.5. The minimum absolute atomic E-state index is 0.184. The van der Waals surface area contributed by atoms with Gasteiger partial charge >= 0.3 is 0 Å². The zero-order chi connectivity index (χ0) is 20.9. The number of benzene rings is 2. The van der Waals surface area contributed by atoms with Crippen LogP contribution in [0.1, 0.15) is 40.3 Å². The number of carbonyl (C=O) groups excluding carboxylic acids is 1. The molecule has 1 unspecified atom stereocenters. The number of aryl methyl sites for hydroxylation is 1. The molecule has 1 amide bonds. The molecule has 30 heavy (non-hydrogen) atoms. The zero-order valence-corrected chi connectivity index (χ0v) is 16.9. The quantitative estimate of drug-likeness (QED) is 0.481. The number of carbonyl (C=O) groups is 1. The number of para-hydroxylation sites is 1. The van der Waals surface area contributed by atoms with Crippen molar-refractivity contribution in [3.8, 4) is 11.4 Å². The fourth-order valence-electron chi connectivity index (χ4n) is 3.20. The van der Waals surface area contributed by atoms with Crippen LogP contribution in [0.15, 0.2) is 83.6 Å².